The molecule has 3 aliphatic rings. The van der Waals surface area contributed by atoms with Gasteiger partial charge in [0.15, 0.2) is 34.4 Å². The van der Waals surface area contributed by atoms with Crippen LogP contribution in [0.25, 0.3) is 6.08 Å². The number of carbonyl (C=O) groups is 2. The lowest BCUT2D eigenvalue weighted by atomic mass is 9.94. The first-order valence-corrected chi connectivity index (χ1v) is 15.9. The fraction of sp³-hybridized carbons (Fsp3) is 0.394. The molecule has 3 aromatic rings. The van der Waals surface area contributed by atoms with E-state index in [4.69, 9.17) is 28.7 Å². The van der Waals surface area contributed by atoms with Crippen LogP contribution in [-0.4, -0.2) is 61.5 Å². The molecular formula is C33H35N3O8S. The number of methoxy groups -OCH3 is 1. The van der Waals surface area contributed by atoms with Crippen molar-refractivity contribution in [2.45, 2.75) is 45.6 Å². The van der Waals surface area contributed by atoms with Crippen molar-refractivity contribution in [1.29, 1.82) is 0 Å². The molecule has 45 heavy (non-hydrogen) atoms. The second-order valence-corrected chi connectivity index (χ2v) is 11.8. The summed E-state index contributed by atoms with van der Waals surface area (Å²) in [5.74, 6) is 1.46. The Morgan fingerprint density at radius 3 is 2.62 bits per heavy atom. The SMILES string of the molecule is CCCC1=C(C(=O)OCC)[C@@H](c2ccc3c(c2)OCO3)n2c(s/c(=C/c3ccc(OCC(=O)N4CCCC4)c(OC)c3)c2=O)=N1. The van der Waals surface area contributed by atoms with E-state index < -0.39 is 12.0 Å². The van der Waals surface area contributed by atoms with Crippen molar-refractivity contribution >= 4 is 29.3 Å². The molecule has 0 radical (unpaired) electrons. The van der Waals surface area contributed by atoms with Crippen LogP contribution in [0.3, 0.4) is 0 Å². The van der Waals surface area contributed by atoms with E-state index in [9.17, 15) is 14.4 Å². The van der Waals surface area contributed by atoms with Crippen molar-refractivity contribution in [3.8, 4) is 23.0 Å². The molecule has 1 amide bonds. The van der Waals surface area contributed by atoms with Gasteiger partial charge in [0.25, 0.3) is 11.5 Å². The van der Waals surface area contributed by atoms with Gasteiger partial charge >= 0.3 is 5.97 Å². The van der Waals surface area contributed by atoms with Crippen LogP contribution >= 0.6 is 11.3 Å². The topological polar surface area (TPSA) is 118 Å². The maximum Gasteiger partial charge on any atom is 0.338 e. The average molecular weight is 634 g/mol. The summed E-state index contributed by atoms with van der Waals surface area (Å²) in [4.78, 5) is 47.1. The van der Waals surface area contributed by atoms with Crippen molar-refractivity contribution in [2.75, 3.05) is 40.2 Å². The normalized spacial score (nSPS) is 17.3. The monoisotopic (exact) mass is 633 g/mol. The molecule has 1 atom stereocenters. The van der Waals surface area contributed by atoms with Gasteiger partial charge in [-0.05, 0) is 67.7 Å². The van der Waals surface area contributed by atoms with Crippen LogP contribution in [0.15, 0.2) is 57.5 Å². The summed E-state index contributed by atoms with van der Waals surface area (Å²) in [6, 6.07) is 9.94. The van der Waals surface area contributed by atoms with Gasteiger partial charge in [0.1, 0.15) is 0 Å². The molecule has 0 aliphatic carbocycles. The lowest BCUT2D eigenvalue weighted by molar-refractivity contribution is -0.139. The van der Waals surface area contributed by atoms with Gasteiger partial charge in [-0.3, -0.25) is 14.2 Å². The summed E-state index contributed by atoms with van der Waals surface area (Å²) in [5, 5.41) is 0. The molecule has 0 bridgehead atoms. The summed E-state index contributed by atoms with van der Waals surface area (Å²) in [6.45, 7) is 5.49. The number of allylic oxidation sites excluding steroid dienone is 1. The summed E-state index contributed by atoms with van der Waals surface area (Å²) in [6.07, 6.45) is 5.07. The van der Waals surface area contributed by atoms with Gasteiger partial charge in [-0.15, -0.1) is 0 Å². The first-order chi connectivity index (χ1) is 21.9. The van der Waals surface area contributed by atoms with Crippen LogP contribution in [0.4, 0.5) is 0 Å². The molecule has 2 aromatic carbocycles. The first-order valence-electron chi connectivity index (χ1n) is 15.1. The van der Waals surface area contributed by atoms with Gasteiger partial charge in [-0.2, -0.15) is 0 Å². The largest absolute Gasteiger partial charge is 0.493 e. The van der Waals surface area contributed by atoms with E-state index in [-0.39, 0.29) is 31.5 Å². The highest BCUT2D eigenvalue weighted by Crippen LogP contribution is 2.39. The van der Waals surface area contributed by atoms with E-state index in [1.807, 2.05) is 13.0 Å². The maximum absolute atomic E-state index is 14.1. The molecule has 0 unspecified atom stereocenters. The number of esters is 1. The van der Waals surface area contributed by atoms with Gasteiger partial charge < -0.3 is 28.6 Å². The molecule has 1 saturated heterocycles. The van der Waals surface area contributed by atoms with Crippen molar-refractivity contribution in [2.24, 2.45) is 4.99 Å². The zero-order valence-corrected chi connectivity index (χ0v) is 26.3. The number of fused-ring (bicyclic) bond motifs is 2. The predicted octanol–water partition coefficient (Wildman–Crippen LogP) is 3.32. The highest BCUT2D eigenvalue weighted by molar-refractivity contribution is 7.07. The van der Waals surface area contributed by atoms with Gasteiger partial charge in [0.05, 0.1) is 35.6 Å². The van der Waals surface area contributed by atoms with E-state index in [0.717, 1.165) is 32.4 Å². The van der Waals surface area contributed by atoms with Crippen molar-refractivity contribution in [3.63, 3.8) is 0 Å². The Bertz CT molecular complexity index is 1840. The van der Waals surface area contributed by atoms with Gasteiger partial charge in [-0.1, -0.05) is 36.8 Å². The Morgan fingerprint density at radius 1 is 1.07 bits per heavy atom. The predicted molar refractivity (Wildman–Crippen MR) is 167 cm³/mol. The molecule has 0 saturated carbocycles. The third-order valence-electron chi connectivity index (χ3n) is 7.90. The summed E-state index contributed by atoms with van der Waals surface area (Å²) in [5.41, 5.74) is 2.02. The highest BCUT2D eigenvalue weighted by Gasteiger charge is 2.35. The van der Waals surface area contributed by atoms with Crippen LogP contribution in [0.2, 0.25) is 0 Å². The zero-order chi connectivity index (χ0) is 31.5. The molecule has 11 nitrogen and oxygen atoms in total. The Morgan fingerprint density at radius 2 is 1.87 bits per heavy atom. The third kappa shape index (κ3) is 6.06. The van der Waals surface area contributed by atoms with Crippen LogP contribution < -0.4 is 33.8 Å². The lowest BCUT2D eigenvalue weighted by Crippen LogP contribution is -2.40. The fourth-order valence-corrected chi connectivity index (χ4v) is 6.78. The minimum absolute atomic E-state index is 0.0543. The Balaban J connectivity index is 1.40. The number of aromatic nitrogens is 1. The van der Waals surface area contributed by atoms with E-state index >= 15 is 0 Å². The van der Waals surface area contributed by atoms with E-state index in [1.54, 1.807) is 52.8 Å². The van der Waals surface area contributed by atoms with Crippen molar-refractivity contribution < 1.29 is 33.3 Å². The summed E-state index contributed by atoms with van der Waals surface area (Å²) in [7, 11) is 1.53. The number of rotatable bonds is 10. The van der Waals surface area contributed by atoms with E-state index in [0.29, 0.717) is 61.1 Å². The van der Waals surface area contributed by atoms with Crippen molar-refractivity contribution in [3.05, 3.63) is 78.5 Å². The first kappa shape index (κ1) is 30.4. The number of amides is 1. The molecule has 0 N–H and O–H groups in total. The van der Waals surface area contributed by atoms with Crippen LogP contribution in [0, 0.1) is 0 Å². The Kier molecular flexibility index (Phi) is 8.92. The highest BCUT2D eigenvalue weighted by atomic mass is 32.1. The standard InChI is InChI=1S/C33H35N3O8S/c1-4-8-22-29(32(39)41-5-2)30(21-10-12-24-26(17-21)44-19-43-24)36-31(38)27(45-33(36)34-22)16-20-9-11-23(25(15-20)40-3)42-18-28(37)35-13-6-7-14-35/h9-12,15-17,30H,4-8,13-14,18-19H2,1-3H3/b27-16+/t30-/m1/s1. The minimum atomic E-state index is -0.767. The number of thiazole rings is 1. The second-order valence-electron chi connectivity index (χ2n) is 10.8. The van der Waals surface area contributed by atoms with Gasteiger partial charge in [0, 0.05) is 13.1 Å². The number of benzene rings is 2. The minimum Gasteiger partial charge on any atom is -0.493 e. The van der Waals surface area contributed by atoms with E-state index in [1.165, 1.54) is 18.4 Å². The number of carbonyl (C=O) groups excluding carboxylic acids is 2. The molecule has 0 spiro atoms. The molecule has 1 aromatic heterocycles. The molecule has 236 valence electrons. The van der Waals surface area contributed by atoms with Crippen LogP contribution in [0.5, 0.6) is 23.0 Å². The van der Waals surface area contributed by atoms with Crippen LogP contribution in [0.1, 0.15) is 56.7 Å². The van der Waals surface area contributed by atoms with Gasteiger partial charge in [0.2, 0.25) is 6.79 Å². The number of ether oxygens (including phenoxy) is 5. The van der Waals surface area contributed by atoms with Gasteiger partial charge in [-0.25, -0.2) is 9.79 Å². The number of nitrogens with zero attached hydrogens (tertiary/aromatic N) is 3. The third-order valence-corrected chi connectivity index (χ3v) is 8.88. The second kappa shape index (κ2) is 13.2. The fourth-order valence-electron chi connectivity index (χ4n) is 5.76. The Hall–Kier alpha value is -4.58. The molecule has 12 heteroatoms. The number of hydrogen-bond acceptors (Lipinski definition) is 10. The summed E-state index contributed by atoms with van der Waals surface area (Å²) < 4.78 is 30.0. The maximum atomic E-state index is 14.1. The number of likely N-dealkylation sites (tertiary alicyclic amines) is 1. The quantitative estimate of drug-likeness (QED) is 0.312. The zero-order valence-electron chi connectivity index (χ0n) is 25.5. The lowest BCUT2D eigenvalue weighted by Gasteiger charge is -2.25. The Labute approximate surface area is 263 Å². The molecule has 4 heterocycles. The van der Waals surface area contributed by atoms with Crippen molar-refractivity contribution in [1.82, 2.24) is 9.47 Å². The van der Waals surface area contributed by atoms with E-state index in [2.05, 4.69) is 0 Å². The molecule has 6 rings (SSSR count). The molecular weight excluding hydrogens is 598 g/mol. The molecule has 3 aliphatic heterocycles. The number of hydrogen-bond donors (Lipinski definition) is 0. The molecule has 1 fully saturated rings. The average Bonchev–Trinajstić information content (AvgIpc) is 3.81. The summed E-state index contributed by atoms with van der Waals surface area (Å²) >= 11 is 1.25. The smallest absolute Gasteiger partial charge is 0.338 e. The van der Waals surface area contributed by atoms with Crippen LogP contribution in [-0.2, 0) is 14.3 Å².